The van der Waals surface area contributed by atoms with E-state index in [1.165, 1.54) is 0 Å². The highest BCUT2D eigenvalue weighted by Crippen LogP contribution is 1.99. The van der Waals surface area contributed by atoms with Crippen LogP contribution in [0.15, 0.2) is 0 Å². The molecule has 0 fully saturated rings. The van der Waals surface area contributed by atoms with Crippen LogP contribution in [0.25, 0.3) is 0 Å². The number of carbonyl (C=O) groups excluding carboxylic acids is 1. The van der Waals surface area contributed by atoms with Crippen LogP contribution < -0.4 is 5.32 Å². The van der Waals surface area contributed by atoms with Crippen LogP contribution in [-0.2, 0) is 9.53 Å². The maximum atomic E-state index is 11.7. The summed E-state index contributed by atoms with van der Waals surface area (Å²) in [4.78, 5) is 13.7. The number of carbonyl (C=O) groups is 1. The first kappa shape index (κ1) is 15.9. The van der Waals surface area contributed by atoms with Crippen molar-refractivity contribution in [3.05, 3.63) is 0 Å². The van der Waals surface area contributed by atoms with Crippen molar-refractivity contribution >= 4 is 5.91 Å². The second-order valence-corrected chi connectivity index (χ2v) is 4.40. The normalized spacial score (nSPS) is 12.5. The summed E-state index contributed by atoms with van der Waals surface area (Å²) in [5.41, 5.74) is 0. The van der Waals surface area contributed by atoms with Crippen molar-refractivity contribution in [1.82, 2.24) is 10.2 Å². The van der Waals surface area contributed by atoms with Gasteiger partial charge in [0.2, 0.25) is 5.91 Å². The second kappa shape index (κ2) is 8.97. The molecule has 17 heavy (non-hydrogen) atoms. The Hall–Kier alpha value is -1.12. The van der Waals surface area contributed by atoms with Gasteiger partial charge in [0.05, 0.1) is 19.2 Å². The van der Waals surface area contributed by atoms with Gasteiger partial charge >= 0.3 is 0 Å². The topological polar surface area (TPSA) is 65.4 Å². The van der Waals surface area contributed by atoms with Crippen LogP contribution in [0.5, 0.6) is 0 Å². The predicted molar refractivity (Wildman–Crippen MR) is 66.4 cm³/mol. The Morgan fingerprint density at radius 1 is 1.47 bits per heavy atom. The molecule has 0 saturated heterocycles. The van der Waals surface area contributed by atoms with Crippen LogP contribution in [-0.4, -0.2) is 49.7 Å². The lowest BCUT2D eigenvalue weighted by Crippen LogP contribution is -2.44. The smallest absolute Gasteiger partial charge is 0.234 e. The molecule has 0 spiro atoms. The summed E-state index contributed by atoms with van der Waals surface area (Å²) in [6.45, 7) is 7.39. The molecule has 5 nitrogen and oxygen atoms in total. The summed E-state index contributed by atoms with van der Waals surface area (Å²) in [5.74, 6) is -0.0267. The molecule has 0 aliphatic heterocycles. The van der Waals surface area contributed by atoms with Crippen molar-refractivity contribution in [2.45, 2.75) is 39.3 Å². The molecule has 0 radical (unpaired) electrons. The second-order valence-electron chi connectivity index (χ2n) is 4.40. The van der Waals surface area contributed by atoms with Crippen molar-refractivity contribution in [2.24, 2.45) is 0 Å². The van der Waals surface area contributed by atoms with Gasteiger partial charge in [0.15, 0.2) is 0 Å². The van der Waals surface area contributed by atoms with E-state index in [0.717, 1.165) is 0 Å². The number of methoxy groups -OCH3 is 1. The number of nitriles is 1. The number of ether oxygens (including phenoxy) is 1. The molecule has 1 atom stereocenters. The molecular weight excluding hydrogens is 218 g/mol. The van der Waals surface area contributed by atoms with E-state index in [2.05, 4.69) is 11.4 Å². The van der Waals surface area contributed by atoms with Gasteiger partial charge in [-0.15, -0.1) is 0 Å². The van der Waals surface area contributed by atoms with Crippen molar-refractivity contribution in [1.29, 1.82) is 5.26 Å². The number of amides is 1. The van der Waals surface area contributed by atoms with Gasteiger partial charge in [-0.2, -0.15) is 5.26 Å². The SMILES string of the molecule is COCC(C)NC(=O)CN(CCC#N)C(C)C. The Kier molecular flexibility index (Phi) is 8.38. The Balaban J connectivity index is 4.08. The lowest BCUT2D eigenvalue weighted by Gasteiger charge is -2.25. The predicted octanol–water partition coefficient (Wildman–Crippen LogP) is 0.762. The van der Waals surface area contributed by atoms with Gasteiger partial charge in [0.25, 0.3) is 0 Å². The van der Waals surface area contributed by atoms with Gasteiger partial charge in [0, 0.05) is 32.2 Å². The van der Waals surface area contributed by atoms with Gasteiger partial charge in [-0.1, -0.05) is 0 Å². The quantitative estimate of drug-likeness (QED) is 0.681. The Morgan fingerprint density at radius 2 is 2.12 bits per heavy atom. The molecular formula is C12H23N3O2. The first-order chi connectivity index (χ1) is 8.01. The standard InChI is InChI=1S/C12H23N3O2/c1-10(2)15(7-5-6-13)8-12(16)14-11(3)9-17-4/h10-11H,5,7-9H2,1-4H3,(H,14,16). The first-order valence-electron chi connectivity index (χ1n) is 5.90. The lowest BCUT2D eigenvalue weighted by atomic mass is 10.2. The minimum absolute atomic E-state index is 0.0116. The largest absolute Gasteiger partial charge is 0.383 e. The van der Waals surface area contributed by atoms with E-state index in [4.69, 9.17) is 10.00 Å². The molecule has 0 heterocycles. The molecule has 0 bridgehead atoms. The monoisotopic (exact) mass is 241 g/mol. The van der Waals surface area contributed by atoms with E-state index < -0.39 is 0 Å². The van der Waals surface area contributed by atoms with Crippen molar-refractivity contribution < 1.29 is 9.53 Å². The fourth-order valence-corrected chi connectivity index (χ4v) is 1.51. The minimum Gasteiger partial charge on any atom is -0.383 e. The summed E-state index contributed by atoms with van der Waals surface area (Å²) < 4.78 is 4.95. The molecule has 0 aromatic heterocycles. The third-order valence-electron chi connectivity index (χ3n) is 2.41. The molecule has 98 valence electrons. The van der Waals surface area contributed by atoms with E-state index in [-0.39, 0.29) is 18.0 Å². The highest BCUT2D eigenvalue weighted by Gasteiger charge is 2.14. The van der Waals surface area contributed by atoms with Crippen LogP contribution in [0.2, 0.25) is 0 Å². The zero-order chi connectivity index (χ0) is 13.3. The summed E-state index contributed by atoms with van der Waals surface area (Å²) >= 11 is 0. The molecule has 1 amide bonds. The van der Waals surface area contributed by atoms with Crippen molar-refractivity contribution in [2.75, 3.05) is 26.8 Å². The zero-order valence-corrected chi connectivity index (χ0v) is 11.2. The third-order valence-corrected chi connectivity index (χ3v) is 2.41. The molecule has 0 aliphatic rings. The fourth-order valence-electron chi connectivity index (χ4n) is 1.51. The fraction of sp³-hybridized carbons (Fsp3) is 0.833. The van der Waals surface area contributed by atoms with Crippen LogP contribution in [0.3, 0.4) is 0 Å². The number of nitrogens with one attached hydrogen (secondary N) is 1. The molecule has 1 N–H and O–H groups in total. The Morgan fingerprint density at radius 3 is 2.59 bits per heavy atom. The molecule has 0 aliphatic carbocycles. The van der Waals surface area contributed by atoms with Gasteiger partial charge in [-0.05, 0) is 20.8 Å². The average Bonchev–Trinajstić information content (AvgIpc) is 2.23. The minimum atomic E-state index is -0.0267. The number of rotatable bonds is 8. The molecule has 0 saturated carbocycles. The van der Waals surface area contributed by atoms with E-state index in [0.29, 0.717) is 26.1 Å². The molecule has 5 heteroatoms. The molecule has 1 unspecified atom stereocenters. The third kappa shape index (κ3) is 7.72. The summed E-state index contributed by atoms with van der Waals surface area (Å²) in [6, 6.07) is 2.36. The molecule has 0 aromatic carbocycles. The first-order valence-corrected chi connectivity index (χ1v) is 5.90. The van der Waals surface area contributed by atoms with E-state index in [1.807, 2.05) is 25.7 Å². The maximum Gasteiger partial charge on any atom is 0.234 e. The van der Waals surface area contributed by atoms with Crippen molar-refractivity contribution in [3.8, 4) is 6.07 Å². The highest BCUT2D eigenvalue weighted by molar-refractivity contribution is 5.78. The van der Waals surface area contributed by atoms with Gasteiger partial charge < -0.3 is 10.1 Å². The summed E-state index contributed by atoms with van der Waals surface area (Å²) in [5, 5.41) is 11.4. The molecule has 0 rings (SSSR count). The van der Waals surface area contributed by atoms with Crippen LogP contribution >= 0.6 is 0 Å². The summed E-state index contributed by atoms with van der Waals surface area (Å²) in [6.07, 6.45) is 0.444. The van der Waals surface area contributed by atoms with E-state index in [1.54, 1.807) is 7.11 Å². The van der Waals surface area contributed by atoms with E-state index in [9.17, 15) is 4.79 Å². The average molecular weight is 241 g/mol. The highest BCUT2D eigenvalue weighted by atomic mass is 16.5. The zero-order valence-electron chi connectivity index (χ0n) is 11.2. The van der Waals surface area contributed by atoms with Gasteiger partial charge in [-0.25, -0.2) is 0 Å². The lowest BCUT2D eigenvalue weighted by molar-refractivity contribution is -0.123. The van der Waals surface area contributed by atoms with Crippen LogP contribution in [0.1, 0.15) is 27.2 Å². The van der Waals surface area contributed by atoms with E-state index >= 15 is 0 Å². The van der Waals surface area contributed by atoms with Gasteiger partial charge in [-0.3, -0.25) is 9.69 Å². The van der Waals surface area contributed by atoms with Crippen LogP contribution in [0.4, 0.5) is 0 Å². The number of hydrogen-bond donors (Lipinski definition) is 1. The Labute approximate surface area is 104 Å². The Bertz CT molecular complexity index is 261. The van der Waals surface area contributed by atoms with Crippen molar-refractivity contribution in [3.63, 3.8) is 0 Å². The van der Waals surface area contributed by atoms with Crippen LogP contribution in [0, 0.1) is 11.3 Å². The number of nitrogens with zero attached hydrogens (tertiary/aromatic N) is 2. The maximum absolute atomic E-state index is 11.7. The van der Waals surface area contributed by atoms with Gasteiger partial charge in [0.1, 0.15) is 0 Å². The number of hydrogen-bond acceptors (Lipinski definition) is 4. The summed E-state index contributed by atoms with van der Waals surface area (Å²) in [7, 11) is 1.61. The molecule has 0 aromatic rings.